The summed E-state index contributed by atoms with van der Waals surface area (Å²) in [5.74, 6) is -0.506. The van der Waals surface area contributed by atoms with Crippen LogP contribution in [0.2, 0.25) is 0 Å². The number of benzene rings is 3. The van der Waals surface area contributed by atoms with E-state index in [4.69, 9.17) is 4.98 Å². The maximum absolute atomic E-state index is 14.1. The van der Waals surface area contributed by atoms with Gasteiger partial charge < -0.3 is 36.6 Å². The third-order valence-electron chi connectivity index (χ3n) is 11.4. The van der Waals surface area contributed by atoms with E-state index in [0.717, 1.165) is 58.6 Å². The minimum absolute atomic E-state index is 0.0223. The summed E-state index contributed by atoms with van der Waals surface area (Å²) in [5, 5.41) is 25.6. The number of rotatable bonds is 15. The number of likely N-dealkylation sites (tertiary alicyclic amines) is 1. The Kier molecular flexibility index (Phi) is 13.6. The Labute approximate surface area is 366 Å². The SMILES string of the molecule is Cc1ncsc1-c1ccc([C@H](C)NC(=O)[C@@H]2C[C@@H](O)CN2C(=O)[C@@H](NC(=O)CCCCCCc2ccc(Nc3ncc4c(n3)-c3ccccc3NC(=O)N4)cc2)C(C)(C)C)cc1. The number of urea groups is 1. The number of carbonyl (C=O) groups is 4. The lowest BCUT2D eigenvalue weighted by molar-refractivity contribution is -0.144. The second-order valence-electron chi connectivity index (χ2n) is 17.2. The Hall–Kier alpha value is -6.19. The zero-order valence-corrected chi connectivity index (χ0v) is 36.6. The number of hydrogen-bond acceptors (Lipinski definition) is 10. The van der Waals surface area contributed by atoms with Crippen LogP contribution in [0.4, 0.5) is 27.8 Å². The zero-order chi connectivity index (χ0) is 44.0. The fraction of sp³-hybridized carbons (Fsp3) is 0.383. The highest BCUT2D eigenvalue weighted by Crippen LogP contribution is 2.35. The van der Waals surface area contributed by atoms with Crippen LogP contribution < -0.4 is 26.6 Å². The van der Waals surface area contributed by atoms with Crippen molar-refractivity contribution in [2.45, 2.75) is 104 Å². The molecule has 0 spiro atoms. The zero-order valence-electron chi connectivity index (χ0n) is 35.8. The molecule has 14 nitrogen and oxygen atoms in total. The molecule has 4 heterocycles. The van der Waals surface area contributed by atoms with Gasteiger partial charge in [-0.3, -0.25) is 14.4 Å². The largest absolute Gasteiger partial charge is 0.391 e. The Bertz CT molecular complexity index is 2400. The molecule has 3 aromatic carbocycles. The van der Waals surface area contributed by atoms with Gasteiger partial charge in [0.1, 0.15) is 17.8 Å². The van der Waals surface area contributed by atoms with Crippen molar-refractivity contribution in [3.63, 3.8) is 0 Å². The molecule has 0 saturated carbocycles. The van der Waals surface area contributed by atoms with Gasteiger partial charge in [0.05, 0.1) is 45.8 Å². The molecule has 7 rings (SSSR count). The molecule has 324 valence electrons. The van der Waals surface area contributed by atoms with Crippen LogP contribution in [-0.4, -0.2) is 73.4 Å². The number of aryl methyl sites for hydroxylation is 2. The van der Waals surface area contributed by atoms with Gasteiger partial charge in [-0.15, -0.1) is 11.3 Å². The highest BCUT2D eigenvalue weighted by molar-refractivity contribution is 7.13. The van der Waals surface area contributed by atoms with Gasteiger partial charge in [0.15, 0.2) is 0 Å². The molecule has 1 fully saturated rings. The van der Waals surface area contributed by atoms with Gasteiger partial charge >= 0.3 is 6.03 Å². The summed E-state index contributed by atoms with van der Waals surface area (Å²) in [7, 11) is 0. The van der Waals surface area contributed by atoms with Crippen LogP contribution in [0.15, 0.2) is 84.5 Å². The van der Waals surface area contributed by atoms with Gasteiger partial charge in [0.25, 0.3) is 0 Å². The second-order valence-corrected chi connectivity index (χ2v) is 18.1. The third-order valence-corrected chi connectivity index (χ3v) is 12.3. The number of aromatic nitrogens is 3. The van der Waals surface area contributed by atoms with Crippen LogP contribution in [0.1, 0.15) is 89.1 Å². The molecule has 2 aliphatic heterocycles. The van der Waals surface area contributed by atoms with E-state index in [1.807, 2.05) is 101 Å². The molecule has 15 heteroatoms. The van der Waals surface area contributed by atoms with Crippen molar-refractivity contribution in [2.24, 2.45) is 5.41 Å². The molecule has 5 amide bonds. The molecule has 2 aromatic heterocycles. The fourth-order valence-electron chi connectivity index (χ4n) is 7.91. The number of aliphatic hydroxyl groups excluding tert-OH is 1. The van der Waals surface area contributed by atoms with E-state index >= 15 is 0 Å². The average molecular weight is 858 g/mol. The summed E-state index contributed by atoms with van der Waals surface area (Å²) in [6, 6.07) is 21.2. The molecule has 2 aliphatic rings. The van der Waals surface area contributed by atoms with Gasteiger partial charge in [-0.2, -0.15) is 0 Å². The van der Waals surface area contributed by atoms with Crippen molar-refractivity contribution in [3.05, 3.63) is 101 Å². The Morgan fingerprint density at radius 2 is 1.65 bits per heavy atom. The lowest BCUT2D eigenvalue weighted by atomic mass is 9.85. The van der Waals surface area contributed by atoms with E-state index in [2.05, 4.69) is 48.7 Å². The second kappa shape index (κ2) is 19.2. The first kappa shape index (κ1) is 43.9. The van der Waals surface area contributed by atoms with Crippen LogP contribution in [0.3, 0.4) is 0 Å². The quantitative estimate of drug-likeness (QED) is 0.0565. The molecular formula is C47H55N9O5S. The van der Waals surface area contributed by atoms with Crippen molar-refractivity contribution in [2.75, 3.05) is 22.5 Å². The van der Waals surface area contributed by atoms with Crippen LogP contribution in [-0.2, 0) is 20.8 Å². The number of amides is 5. The van der Waals surface area contributed by atoms with Crippen molar-refractivity contribution in [3.8, 4) is 21.7 Å². The highest BCUT2D eigenvalue weighted by atomic mass is 32.1. The summed E-state index contributed by atoms with van der Waals surface area (Å²) in [6.45, 7) is 9.57. The Morgan fingerprint density at radius 3 is 2.37 bits per heavy atom. The van der Waals surface area contributed by atoms with Crippen molar-refractivity contribution < 1.29 is 24.3 Å². The van der Waals surface area contributed by atoms with Crippen LogP contribution >= 0.6 is 11.3 Å². The van der Waals surface area contributed by atoms with E-state index < -0.39 is 23.6 Å². The Morgan fingerprint density at radius 1 is 0.919 bits per heavy atom. The third kappa shape index (κ3) is 10.6. The van der Waals surface area contributed by atoms with Gasteiger partial charge in [-0.1, -0.05) is 88.2 Å². The number of β-amino-alcohol motifs (C(OH)–C–C–N with tert-alkyl or cyclic N) is 1. The molecule has 6 N–H and O–H groups in total. The van der Waals surface area contributed by atoms with E-state index in [1.165, 1.54) is 10.5 Å². The maximum Gasteiger partial charge on any atom is 0.323 e. The minimum atomic E-state index is -0.867. The maximum atomic E-state index is 14.1. The number of hydrogen-bond donors (Lipinski definition) is 6. The number of para-hydroxylation sites is 1. The topological polar surface area (TPSA) is 191 Å². The molecule has 62 heavy (non-hydrogen) atoms. The molecule has 4 atom stereocenters. The van der Waals surface area contributed by atoms with E-state index in [9.17, 15) is 24.3 Å². The lowest BCUT2D eigenvalue weighted by Crippen LogP contribution is -2.57. The first-order valence-corrected chi connectivity index (χ1v) is 22.1. The van der Waals surface area contributed by atoms with Gasteiger partial charge in [-0.05, 0) is 73.4 Å². The first-order chi connectivity index (χ1) is 29.7. The molecule has 0 aliphatic carbocycles. The normalized spacial score (nSPS) is 16.8. The van der Waals surface area contributed by atoms with Gasteiger partial charge in [0.2, 0.25) is 23.7 Å². The standard InChI is InChI=1S/C47H55N9O5S/c1-28(31-18-20-32(21-19-31)41-29(2)49-27-62-41)50-43(59)38-24-34(57)26-56(38)44(60)42(47(3,4)5)54-39(58)15-9-7-6-8-12-30-16-22-33(23-17-30)51-45-48-25-37-40(55-45)35-13-10-11-14-36(35)52-46(61)53-37/h10-11,13-14,16-23,25,27-28,34,38,42,57H,6-9,12,15,24,26H2,1-5H3,(H,50,59)(H,54,58)(H,48,51,55)(H2,52,53,61)/t28-,34+,38-,42+/m0/s1. The van der Waals surface area contributed by atoms with Crippen molar-refractivity contribution in [1.29, 1.82) is 0 Å². The van der Waals surface area contributed by atoms with Gasteiger partial charge in [0, 0.05) is 30.6 Å². The number of carbonyl (C=O) groups excluding carboxylic acids is 4. The number of nitrogens with one attached hydrogen (secondary N) is 5. The fourth-order valence-corrected chi connectivity index (χ4v) is 8.73. The number of nitrogens with zero attached hydrogens (tertiary/aromatic N) is 4. The molecule has 0 radical (unpaired) electrons. The smallest absolute Gasteiger partial charge is 0.323 e. The number of anilines is 4. The monoisotopic (exact) mass is 857 g/mol. The first-order valence-electron chi connectivity index (χ1n) is 21.2. The molecular weight excluding hydrogens is 803 g/mol. The number of unbranched alkanes of at least 4 members (excludes halogenated alkanes) is 3. The molecule has 0 unspecified atom stereocenters. The van der Waals surface area contributed by atoms with E-state index in [0.29, 0.717) is 29.4 Å². The predicted molar refractivity (Wildman–Crippen MR) is 243 cm³/mol. The minimum Gasteiger partial charge on any atom is -0.391 e. The summed E-state index contributed by atoms with van der Waals surface area (Å²) in [6.07, 6.45) is 5.50. The van der Waals surface area contributed by atoms with Crippen LogP contribution in [0.5, 0.6) is 0 Å². The van der Waals surface area contributed by atoms with Crippen molar-refractivity contribution >= 4 is 58.1 Å². The van der Waals surface area contributed by atoms with E-state index in [1.54, 1.807) is 17.5 Å². The number of thiazole rings is 1. The summed E-state index contributed by atoms with van der Waals surface area (Å²) < 4.78 is 0. The molecule has 5 aromatic rings. The van der Waals surface area contributed by atoms with Gasteiger partial charge in [-0.25, -0.2) is 19.7 Å². The highest BCUT2D eigenvalue weighted by Gasteiger charge is 2.44. The molecule has 0 bridgehead atoms. The van der Waals surface area contributed by atoms with Crippen LogP contribution in [0, 0.1) is 12.3 Å². The summed E-state index contributed by atoms with van der Waals surface area (Å²) in [5.41, 5.74) is 8.80. The van der Waals surface area contributed by atoms with Crippen molar-refractivity contribution in [1.82, 2.24) is 30.5 Å². The number of fused-ring (bicyclic) bond motifs is 3. The number of aliphatic hydroxyl groups is 1. The van der Waals surface area contributed by atoms with E-state index in [-0.39, 0.29) is 49.2 Å². The lowest BCUT2D eigenvalue weighted by Gasteiger charge is -2.35. The predicted octanol–water partition coefficient (Wildman–Crippen LogP) is 8.14. The molecule has 1 saturated heterocycles. The average Bonchev–Trinajstić information content (AvgIpc) is 3.83. The summed E-state index contributed by atoms with van der Waals surface area (Å²) >= 11 is 1.58. The van der Waals surface area contributed by atoms with Crippen LogP contribution in [0.25, 0.3) is 21.7 Å². The Balaban J connectivity index is 0.851. The summed E-state index contributed by atoms with van der Waals surface area (Å²) in [4.78, 5) is 69.2.